The maximum Gasteiger partial charge on any atom is 0.228 e. The lowest BCUT2D eigenvalue weighted by molar-refractivity contribution is -0.267. The van der Waals surface area contributed by atoms with Crippen LogP contribution in [0.15, 0.2) is 0 Å². The molecule has 0 amide bonds. The molecule has 0 aromatic rings. The Morgan fingerprint density at radius 2 is 1.64 bits per heavy atom. The molecule has 0 aromatic heterocycles. The third-order valence-electron chi connectivity index (χ3n) is 3.27. The molecule has 2 N–H and O–H groups in total. The maximum atomic E-state index is 13.7. The molecule has 1 rings (SSSR count). The summed E-state index contributed by atoms with van der Waals surface area (Å²) in [7, 11) is 0. The summed E-state index contributed by atoms with van der Waals surface area (Å²) in [6, 6.07) is 0. The Labute approximate surface area is 83.9 Å². The van der Waals surface area contributed by atoms with Gasteiger partial charge in [0.25, 0.3) is 0 Å². The first-order valence-corrected chi connectivity index (χ1v) is 4.84. The second-order valence-corrected chi connectivity index (χ2v) is 5.06. The van der Waals surface area contributed by atoms with Gasteiger partial charge in [-0.1, -0.05) is 13.8 Å². The number of alkyl halides is 1. The fraction of sp³-hybridized carbons (Fsp3) is 1.00. The highest BCUT2D eigenvalue weighted by Gasteiger charge is 2.67. The second kappa shape index (κ2) is 2.90. The summed E-state index contributed by atoms with van der Waals surface area (Å²) in [5, 5.41) is 19.5. The molecule has 14 heavy (non-hydrogen) atoms. The van der Waals surface area contributed by atoms with Crippen LogP contribution in [0, 0.1) is 5.92 Å². The predicted molar refractivity (Wildman–Crippen MR) is 50.5 cm³/mol. The van der Waals surface area contributed by atoms with Gasteiger partial charge >= 0.3 is 0 Å². The van der Waals surface area contributed by atoms with Gasteiger partial charge in [-0.2, -0.15) is 0 Å². The molecule has 1 heterocycles. The Balaban J connectivity index is 3.14. The summed E-state index contributed by atoms with van der Waals surface area (Å²) in [4.78, 5) is 0. The molecule has 0 aromatic carbocycles. The largest absolute Gasteiger partial charge is 0.361 e. The van der Waals surface area contributed by atoms with Crippen LogP contribution in [0.2, 0.25) is 0 Å². The van der Waals surface area contributed by atoms with E-state index in [1.54, 1.807) is 13.8 Å². The number of hydrogen-bond acceptors (Lipinski definition) is 3. The predicted octanol–water partition coefficient (Wildman–Crippen LogP) is 1.23. The molecule has 0 radical (unpaired) electrons. The standard InChI is InChI=1S/C10H19FO3/c1-6(2)9(5)10(12,13)7(11)8(3,4)14-9/h6-7,12-13H,1-5H3. The van der Waals surface area contributed by atoms with Crippen LogP contribution >= 0.6 is 0 Å². The van der Waals surface area contributed by atoms with Crippen molar-refractivity contribution in [2.45, 2.75) is 57.8 Å². The molecule has 1 aliphatic rings. The molecule has 1 saturated heterocycles. The summed E-state index contributed by atoms with van der Waals surface area (Å²) in [6.07, 6.45) is -1.80. The molecule has 2 atom stereocenters. The van der Waals surface area contributed by atoms with Crippen LogP contribution in [0.1, 0.15) is 34.6 Å². The van der Waals surface area contributed by atoms with Crippen molar-refractivity contribution < 1.29 is 19.3 Å². The fourth-order valence-electron chi connectivity index (χ4n) is 1.95. The molecule has 4 heteroatoms. The molecule has 0 bridgehead atoms. The first-order valence-electron chi connectivity index (χ1n) is 4.84. The summed E-state index contributed by atoms with van der Waals surface area (Å²) >= 11 is 0. The van der Waals surface area contributed by atoms with E-state index in [1.807, 2.05) is 0 Å². The van der Waals surface area contributed by atoms with E-state index in [4.69, 9.17) is 4.74 Å². The summed E-state index contributed by atoms with van der Waals surface area (Å²) in [5.74, 6) is -2.61. The van der Waals surface area contributed by atoms with Gasteiger partial charge in [-0.05, 0) is 26.7 Å². The summed E-state index contributed by atoms with van der Waals surface area (Å²) < 4.78 is 19.2. The number of rotatable bonds is 1. The molecular formula is C10H19FO3. The van der Waals surface area contributed by atoms with Gasteiger partial charge in [0, 0.05) is 0 Å². The van der Waals surface area contributed by atoms with Crippen LogP contribution in [-0.2, 0) is 4.74 Å². The van der Waals surface area contributed by atoms with Crippen LogP contribution in [0.3, 0.4) is 0 Å². The molecular weight excluding hydrogens is 187 g/mol. The Morgan fingerprint density at radius 3 is 1.79 bits per heavy atom. The van der Waals surface area contributed by atoms with Gasteiger partial charge in [-0.3, -0.25) is 0 Å². The quantitative estimate of drug-likeness (QED) is 0.634. The zero-order valence-electron chi connectivity index (χ0n) is 9.34. The maximum absolute atomic E-state index is 13.7. The van der Waals surface area contributed by atoms with Crippen LogP contribution in [0.4, 0.5) is 4.39 Å². The van der Waals surface area contributed by atoms with E-state index in [0.717, 1.165) is 0 Å². The van der Waals surface area contributed by atoms with Gasteiger partial charge in [-0.25, -0.2) is 4.39 Å². The Morgan fingerprint density at radius 1 is 1.21 bits per heavy atom. The molecule has 0 saturated carbocycles. The minimum Gasteiger partial charge on any atom is -0.361 e. The summed E-state index contributed by atoms with van der Waals surface area (Å²) in [6.45, 7) is 8.11. The van der Waals surface area contributed by atoms with Crippen molar-refractivity contribution in [2.24, 2.45) is 5.92 Å². The van der Waals surface area contributed by atoms with Crippen LogP contribution in [0.5, 0.6) is 0 Å². The normalized spacial score (nSPS) is 40.5. The van der Waals surface area contributed by atoms with Gasteiger partial charge in [0.15, 0.2) is 6.17 Å². The number of ether oxygens (including phenoxy) is 1. The van der Waals surface area contributed by atoms with Crippen molar-refractivity contribution in [3.8, 4) is 0 Å². The van der Waals surface area contributed by atoms with E-state index in [0.29, 0.717) is 0 Å². The minimum absolute atomic E-state index is 0.183. The van der Waals surface area contributed by atoms with Gasteiger partial charge < -0.3 is 14.9 Å². The third-order valence-corrected chi connectivity index (χ3v) is 3.27. The zero-order valence-corrected chi connectivity index (χ0v) is 9.34. The monoisotopic (exact) mass is 206 g/mol. The Kier molecular flexibility index (Phi) is 2.46. The van der Waals surface area contributed by atoms with E-state index in [-0.39, 0.29) is 5.92 Å². The van der Waals surface area contributed by atoms with E-state index >= 15 is 0 Å². The highest BCUT2D eigenvalue weighted by atomic mass is 19.1. The topological polar surface area (TPSA) is 49.7 Å². The van der Waals surface area contributed by atoms with Crippen LogP contribution in [0.25, 0.3) is 0 Å². The van der Waals surface area contributed by atoms with Crippen molar-refractivity contribution >= 4 is 0 Å². The zero-order chi connectivity index (χ0) is 11.4. The smallest absolute Gasteiger partial charge is 0.228 e. The van der Waals surface area contributed by atoms with Gasteiger partial charge in [-0.15, -0.1) is 0 Å². The number of hydrogen-bond donors (Lipinski definition) is 2. The number of aliphatic hydroxyl groups is 2. The van der Waals surface area contributed by atoms with Crippen molar-refractivity contribution in [1.82, 2.24) is 0 Å². The lowest BCUT2D eigenvalue weighted by Crippen LogP contribution is -2.56. The molecule has 84 valence electrons. The molecule has 3 nitrogen and oxygen atoms in total. The van der Waals surface area contributed by atoms with E-state index in [9.17, 15) is 14.6 Å². The molecule has 1 aliphatic heterocycles. The first kappa shape index (κ1) is 11.9. The number of halogens is 1. The van der Waals surface area contributed by atoms with Crippen molar-refractivity contribution in [2.75, 3.05) is 0 Å². The van der Waals surface area contributed by atoms with E-state index in [2.05, 4.69) is 0 Å². The first-order chi connectivity index (χ1) is 6.06. The lowest BCUT2D eigenvalue weighted by atomic mass is 9.82. The van der Waals surface area contributed by atoms with Crippen LogP contribution < -0.4 is 0 Å². The average Bonchev–Trinajstić information content (AvgIpc) is 2.11. The van der Waals surface area contributed by atoms with Gasteiger partial charge in [0.2, 0.25) is 5.79 Å². The Hall–Kier alpha value is -0.190. The molecule has 0 spiro atoms. The third kappa shape index (κ3) is 1.28. The minimum atomic E-state index is -2.43. The van der Waals surface area contributed by atoms with Gasteiger partial charge in [0.1, 0.15) is 11.2 Å². The van der Waals surface area contributed by atoms with Crippen LogP contribution in [-0.4, -0.2) is 33.4 Å². The van der Waals surface area contributed by atoms with Gasteiger partial charge in [0.05, 0.1) is 0 Å². The van der Waals surface area contributed by atoms with Crippen molar-refractivity contribution in [1.29, 1.82) is 0 Å². The molecule has 0 aliphatic carbocycles. The molecule has 2 unspecified atom stereocenters. The van der Waals surface area contributed by atoms with E-state index in [1.165, 1.54) is 20.8 Å². The second-order valence-electron chi connectivity index (χ2n) is 5.06. The highest BCUT2D eigenvalue weighted by Crippen LogP contribution is 2.48. The Bertz CT molecular complexity index is 238. The van der Waals surface area contributed by atoms with Crippen molar-refractivity contribution in [3.05, 3.63) is 0 Å². The molecule has 1 fully saturated rings. The van der Waals surface area contributed by atoms with Crippen molar-refractivity contribution in [3.63, 3.8) is 0 Å². The SMILES string of the molecule is CC(C)C1(C)OC(C)(C)C(F)C1(O)O. The lowest BCUT2D eigenvalue weighted by Gasteiger charge is -2.37. The van der Waals surface area contributed by atoms with E-state index < -0.39 is 23.2 Å². The summed E-state index contributed by atoms with van der Waals surface area (Å²) in [5.41, 5.74) is -2.43. The highest BCUT2D eigenvalue weighted by molar-refractivity contribution is 5.10. The average molecular weight is 206 g/mol. The fourth-order valence-corrected chi connectivity index (χ4v) is 1.95.